The van der Waals surface area contributed by atoms with Crippen molar-refractivity contribution in [3.63, 3.8) is 0 Å². The van der Waals surface area contributed by atoms with Gasteiger partial charge in [-0.05, 0) is 17.7 Å². The molecule has 0 unspecified atom stereocenters. The molecule has 4 nitrogen and oxygen atoms in total. The largest absolute Gasteiger partial charge is 0.507 e. The van der Waals surface area contributed by atoms with E-state index in [1.54, 1.807) is 0 Å². The molecule has 1 aliphatic rings. The molecule has 4 heteroatoms. The molecule has 0 radical (unpaired) electrons. The Balaban J connectivity index is 2.21. The second kappa shape index (κ2) is 4.24. The van der Waals surface area contributed by atoms with Crippen LogP contribution in [0.1, 0.15) is 11.1 Å². The minimum absolute atomic E-state index is 0.0687. The van der Waals surface area contributed by atoms with Crippen LogP contribution in [0.4, 0.5) is 0 Å². The van der Waals surface area contributed by atoms with E-state index in [-0.39, 0.29) is 29.4 Å². The van der Waals surface area contributed by atoms with E-state index in [1.165, 1.54) is 12.1 Å². The molecule has 2 aromatic carbocycles. The van der Waals surface area contributed by atoms with Gasteiger partial charge in [0.15, 0.2) is 11.5 Å². The zero-order chi connectivity index (χ0) is 13.4. The lowest BCUT2D eigenvalue weighted by Gasteiger charge is -2.22. The molecule has 3 rings (SSSR count). The van der Waals surface area contributed by atoms with Crippen molar-refractivity contribution >= 4 is 11.3 Å². The van der Waals surface area contributed by atoms with Crippen LogP contribution in [0, 0.1) is 0 Å². The fourth-order valence-corrected chi connectivity index (χ4v) is 2.14. The summed E-state index contributed by atoms with van der Waals surface area (Å²) in [5.74, 6) is -0.375. The second-order valence-electron chi connectivity index (χ2n) is 4.29. The van der Waals surface area contributed by atoms with Crippen molar-refractivity contribution in [1.29, 1.82) is 0 Å². The predicted molar refractivity (Wildman–Crippen MR) is 71.2 cm³/mol. The zero-order valence-electron chi connectivity index (χ0n) is 10.00. The van der Waals surface area contributed by atoms with Gasteiger partial charge in [0.2, 0.25) is 0 Å². The van der Waals surface area contributed by atoms with E-state index in [4.69, 9.17) is 4.74 Å². The van der Waals surface area contributed by atoms with Crippen LogP contribution in [0.25, 0.3) is 11.3 Å². The molecule has 0 saturated heterocycles. The van der Waals surface area contributed by atoms with Crippen LogP contribution in [-0.2, 0) is 0 Å². The first kappa shape index (κ1) is 11.5. The number of aliphatic hydroxyl groups is 1. The number of aliphatic hydroxyl groups excluding tert-OH is 1. The standard InChI is InChI=1S/C15H12O4/c16-11-6-7-12-13(15(11)18)14(17)10(8-19-12)9-4-2-1-3-5-9/h1-7,16-18H,8H2. The Labute approximate surface area is 109 Å². The lowest BCUT2D eigenvalue weighted by Crippen LogP contribution is -2.10. The fourth-order valence-electron chi connectivity index (χ4n) is 2.14. The third kappa shape index (κ3) is 1.78. The van der Waals surface area contributed by atoms with Gasteiger partial charge in [-0.3, -0.25) is 0 Å². The highest BCUT2D eigenvalue weighted by atomic mass is 16.5. The van der Waals surface area contributed by atoms with Gasteiger partial charge in [0.05, 0.1) is 0 Å². The fraction of sp³-hybridized carbons (Fsp3) is 0.0667. The highest BCUT2D eigenvalue weighted by Gasteiger charge is 2.25. The van der Waals surface area contributed by atoms with Crippen molar-refractivity contribution in [1.82, 2.24) is 0 Å². The molecule has 2 aromatic rings. The third-order valence-corrected chi connectivity index (χ3v) is 3.14. The van der Waals surface area contributed by atoms with Crippen LogP contribution >= 0.6 is 0 Å². The van der Waals surface area contributed by atoms with Crippen molar-refractivity contribution in [2.24, 2.45) is 0 Å². The molecule has 0 spiro atoms. The summed E-state index contributed by atoms with van der Waals surface area (Å²) in [6, 6.07) is 12.1. The van der Waals surface area contributed by atoms with Crippen LogP contribution in [0.15, 0.2) is 42.5 Å². The molecule has 0 aliphatic carbocycles. The topological polar surface area (TPSA) is 69.9 Å². The normalized spacial score (nSPS) is 13.9. The molecule has 0 bridgehead atoms. The van der Waals surface area contributed by atoms with Crippen LogP contribution in [-0.4, -0.2) is 21.9 Å². The Morgan fingerprint density at radius 2 is 1.63 bits per heavy atom. The summed E-state index contributed by atoms with van der Waals surface area (Å²) in [5.41, 5.74) is 1.52. The van der Waals surface area contributed by atoms with Gasteiger partial charge in [-0.2, -0.15) is 0 Å². The summed E-state index contributed by atoms with van der Waals surface area (Å²) >= 11 is 0. The maximum Gasteiger partial charge on any atom is 0.172 e. The van der Waals surface area contributed by atoms with E-state index in [1.807, 2.05) is 30.3 Å². The molecular weight excluding hydrogens is 244 g/mol. The number of hydrogen-bond acceptors (Lipinski definition) is 4. The van der Waals surface area contributed by atoms with Crippen molar-refractivity contribution in [3.8, 4) is 17.2 Å². The summed E-state index contributed by atoms with van der Waals surface area (Å²) < 4.78 is 5.51. The van der Waals surface area contributed by atoms with Crippen LogP contribution in [0.2, 0.25) is 0 Å². The second-order valence-corrected chi connectivity index (χ2v) is 4.29. The first-order valence-corrected chi connectivity index (χ1v) is 5.84. The number of phenols is 2. The molecule has 1 aliphatic heterocycles. The predicted octanol–water partition coefficient (Wildman–Crippen LogP) is 2.92. The zero-order valence-corrected chi connectivity index (χ0v) is 10.00. The Morgan fingerprint density at radius 3 is 2.37 bits per heavy atom. The molecule has 96 valence electrons. The van der Waals surface area contributed by atoms with Crippen LogP contribution in [0.3, 0.4) is 0 Å². The van der Waals surface area contributed by atoms with Gasteiger partial charge in [0.1, 0.15) is 23.7 Å². The summed E-state index contributed by atoms with van der Waals surface area (Å²) in [4.78, 5) is 0. The number of aromatic hydroxyl groups is 2. The van der Waals surface area contributed by atoms with Crippen molar-refractivity contribution in [2.45, 2.75) is 0 Å². The summed E-state index contributed by atoms with van der Waals surface area (Å²) in [6.45, 7) is 0.215. The number of phenolic OH excluding ortho intramolecular Hbond substituents is 2. The molecule has 19 heavy (non-hydrogen) atoms. The molecule has 0 fully saturated rings. The molecule has 0 amide bonds. The van der Waals surface area contributed by atoms with Gasteiger partial charge >= 0.3 is 0 Å². The van der Waals surface area contributed by atoms with Gasteiger partial charge in [0, 0.05) is 5.57 Å². The maximum atomic E-state index is 10.3. The number of rotatable bonds is 1. The number of ether oxygens (including phenoxy) is 1. The first-order valence-electron chi connectivity index (χ1n) is 5.84. The lowest BCUT2D eigenvalue weighted by atomic mass is 9.98. The molecule has 0 aromatic heterocycles. The van der Waals surface area contributed by atoms with Gasteiger partial charge in [0.25, 0.3) is 0 Å². The number of hydrogen-bond donors (Lipinski definition) is 3. The van der Waals surface area contributed by atoms with Crippen LogP contribution in [0.5, 0.6) is 17.2 Å². The van der Waals surface area contributed by atoms with E-state index < -0.39 is 0 Å². The lowest BCUT2D eigenvalue weighted by molar-refractivity contribution is 0.342. The molecular formula is C15H12O4. The highest BCUT2D eigenvalue weighted by molar-refractivity contribution is 5.93. The average molecular weight is 256 g/mol. The van der Waals surface area contributed by atoms with Gasteiger partial charge in [-0.25, -0.2) is 0 Å². The minimum atomic E-state index is -0.372. The Bertz CT molecular complexity index is 659. The Kier molecular flexibility index (Phi) is 2.56. The van der Waals surface area contributed by atoms with Gasteiger partial charge in [-0.1, -0.05) is 30.3 Å². The Morgan fingerprint density at radius 1 is 0.895 bits per heavy atom. The van der Waals surface area contributed by atoms with Crippen molar-refractivity contribution in [2.75, 3.05) is 6.61 Å². The van der Waals surface area contributed by atoms with Crippen LogP contribution < -0.4 is 4.74 Å². The highest BCUT2D eigenvalue weighted by Crippen LogP contribution is 2.44. The molecule has 1 heterocycles. The first-order chi connectivity index (χ1) is 9.18. The van der Waals surface area contributed by atoms with Crippen molar-refractivity contribution < 1.29 is 20.1 Å². The summed E-state index contributed by atoms with van der Waals surface area (Å²) in [7, 11) is 0. The minimum Gasteiger partial charge on any atom is -0.507 e. The number of benzene rings is 2. The van der Waals surface area contributed by atoms with E-state index in [0.29, 0.717) is 11.3 Å². The van der Waals surface area contributed by atoms with E-state index >= 15 is 0 Å². The SMILES string of the molecule is OC1=C(c2ccccc2)COc2ccc(O)c(O)c21. The number of fused-ring (bicyclic) bond motifs is 1. The summed E-state index contributed by atoms with van der Waals surface area (Å²) in [6.07, 6.45) is 0. The quantitative estimate of drug-likeness (QED) is 0.686. The third-order valence-electron chi connectivity index (χ3n) is 3.14. The molecule has 0 atom stereocenters. The van der Waals surface area contributed by atoms with E-state index in [9.17, 15) is 15.3 Å². The van der Waals surface area contributed by atoms with Gasteiger partial charge < -0.3 is 20.1 Å². The van der Waals surface area contributed by atoms with E-state index in [0.717, 1.165) is 5.56 Å². The summed E-state index contributed by atoms with van der Waals surface area (Å²) in [5, 5.41) is 29.7. The smallest absolute Gasteiger partial charge is 0.172 e. The Hall–Kier alpha value is -2.62. The maximum absolute atomic E-state index is 10.3. The van der Waals surface area contributed by atoms with Gasteiger partial charge in [-0.15, -0.1) is 0 Å². The molecule has 3 N–H and O–H groups in total. The van der Waals surface area contributed by atoms with Crippen molar-refractivity contribution in [3.05, 3.63) is 53.6 Å². The molecule has 0 saturated carbocycles. The van der Waals surface area contributed by atoms with E-state index in [2.05, 4.69) is 0 Å². The average Bonchev–Trinajstić information content (AvgIpc) is 2.44. The monoisotopic (exact) mass is 256 g/mol.